The fourth-order valence-corrected chi connectivity index (χ4v) is 6.05. The highest BCUT2D eigenvalue weighted by Gasteiger charge is 2.36. The number of hydrogen-bond acceptors (Lipinski definition) is 8. The van der Waals surface area contributed by atoms with E-state index < -0.39 is 5.97 Å². The minimum atomic E-state index is -1.11. The molecule has 2 aliphatic heterocycles. The number of pyridine rings is 2. The van der Waals surface area contributed by atoms with Gasteiger partial charge >= 0.3 is 5.97 Å². The summed E-state index contributed by atoms with van der Waals surface area (Å²) < 4.78 is 3.33. The van der Waals surface area contributed by atoms with Gasteiger partial charge in [0.25, 0.3) is 5.91 Å². The minimum Gasteiger partial charge on any atom is -0.477 e. The SMILES string of the molecule is C.CC.Cc1cc(N2CC[C@](C)(c3ccccc3)C2)cn2nc(C(=O)N3CCc4c(nnn4-c4ccnc(C(=O)O)c4)C3)nc12. The Morgan fingerprint density at radius 2 is 1.80 bits per heavy atom. The van der Waals surface area contributed by atoms with E-state index in [1.807, 2.05) is 33.0 Å². The molecule has 1 N–H and O–H groups in total. The summed E-state index contributed by atoms with van der Waals surface area (Å²) in [7, 11) is 0. The van der Waals surface area contributed by atoms with E-state index >= 15 is 0 Å². The van der Waals surface area contributed by atoms with E-state index in [0.29, 0.717) is 30.0 Å². The second-order valence-electron chi connectivity index (χ2n) is 11.3. The summed E-state index contributed by atoms with van der Waals surface area (Å²) in [6.45, 7) is 10.8. The van der Waals surface area contributed by atoms with E-state index in [-0.39, 0.29) is 36.8 Å². The van der Waals surface area contributed by atoms with Crippen LogP contribution in [0.4, 0.5) is 5.69 Å². The molecule has 45 heavy (non-hydrogen) atoms. The molecule has 1 atom stereocenters. The van der Waals surface area contributed by atoms with Gasteiger partial charge in [-0.05, 0) is 42.7 Å². The number of nitrogens with zero attached hydrogens (tertiary/aromatic N) is 9. The second-order valence-corrected chi connectivity index (χ2v) is 11.3. The molecule has 234 valence electrons. The number of fused-ring (bicyclic) bond motifs is 2. The van der Waals surface area contributed by atoms with Crippen molar-refractivity contribution in [2.24, 2.45) is 0 Å². The summed E-state index contributed by atoms with van der Waals surface area (Å²) in [5.74, 6) is -1.24. The van der Waals surface area contributed by atoms with E-state index in [0.717, 1.165) is 36.5 Å². The van der Waals surface area contributed by atoms with E-state index in [1.165, 1.54) is 17.8 Å². The number of carboxylic acid groups (broad SMARTS) is 1. The summed E-state index contributed by atoms with van der Waals surface area (Å²) in [4.78, 5) is 37.4. The average Bonchev–Trinajstić information content (AvgIpc) is 3.79. The zero-order chi connectivity index (χ0) is 31.0. The third-order valence-corrected chi connectivity index (χ3v) is 8.40. The molecule has 0 spiro atoms. The number of benzene rings is 1. The zero-order valence-corrected chi connectivity index (χ0v) is 25.3. The van der Waals surface area contributed by atoms with E-state index in [4.69, 9.17) is 0 Å². The van der Waals surface area contributed by atoms with Crippen molar-refractivity contribution in [1.82, 2.24) is 39.5 Å². The molecule has 1 fully saturated rings. The molecule has 12 heteroatoms. The average molecular weight is 610 g/mol. The molecule has 1 amide bonds. The molecular formula is C33H39N9O3. The quantitative estimate of drug-likeness (QED) is 0.300. The molecule has 1 saturated heterocycles. The van der Waals surface area contributed by atoms with E-state index in [9.17, 15) is 14.7 Å². The van der Waals surface area contributed by atoms with Gasteiger partial charge < -0.3 is 14.9 Å². The van der Waals surface area contributed by atoms with Crippen molar-refractivity contribution >= 4 is 23.2 Å². The summed E-state index contributed by atoms with van der Waals surface area (Å²) in [6.07, 6.45) is 4.95. The predicted molar refractivity (Wildman–Crippen MR) is 171 cm³/mol. The van der Waals surface area contributed by atoms with Crippen LogP contribution in [0.2, 0.25) is 0 Å². The molecule has 0 saturated carbocycles. The van der Waals surface area contributed by atoms with E-state index in [1.54, 1.807) is 20.2 Å². The number of rotatable bonds is 5. The van der Waals surface area contributed by atoms with Crippen molar-refractivity contribution in [3.8, 4) is 5.69 Å². The van der Waals surface area contributed by atoms with Crippen LogP contribution < -0.4 is 4.90 Å². The molecule has 12 nitrogen and oxygen atoms in total. The number of anilines is 1. The lowest BCUT2D eigenvalue weighted by Gasteiger charge is -2.26. The minimum absolute atomic E-state index is 0. The first-order valence-electron chi connectivity index (χ1n) is 14.9. The largest absolute Gasteiger partial charge is 0.477 e. The second kappa shape index (κ2) is 12.5. The Morgan fingerprint density at radius 1 is 1.02 bits per heavy atom. The maximum atomic E-state index is 13.5. The number of aromatic nitrogens is 7. The van der Waals surface area contributed by atoms with Gasteiger partial charge in [-0.1, -0.05) is 63.7 Å². The monoisotopic (exact) mass is 609 g/mol. The van der Waals surface area contributed by atoms with Crippen molar-refractivity contribution < 1.29 is 14.7 Å². The van der Waals surface area contributed by atoms with Gasteiger partial charge in [0, 0.05) is 37.7 Å². The van der Waals surface area contributed by atoms with Crippen molar-refractivity contribution in [2.45, 2.75) is 59.9 Å². The van der Waals surface area contributed by atoms with Gasteiger partial charge in [-0.3, -0.25) is 4.79 Å². The standard InChI is InChI=1S/C30H29N9O3.C2H6.CH4/c1-19-14-22(37-13-10-30(2,18-37)20-6-4-3-5-7-20)16-38-27(19)32-26(34-38)28(40)36-12-9-25-24(17-36)33-35-39(25)21-8-11-31-23(15-21)29(41)42;1-2;/h3-8,11,14-16H,9-10,12-13,17-18H2,1-2H3,(H,41,42);1-2H3;1H4/t30-;;/m0../s1. The number of amides is 1. The molecular weight excluding hydrogens is 570 g/mol. The van der Waals surface area contributed by atoms with Gasteiger partial charge in [-0.15, -0.1) is 10.2 Å². The molecule has 6 heterocycles. The smallest absolute Gasteiger partial charge is 0.354 e. The van der Waals surface area contributed by atoms with Gasteiger partial charge in [-0.25, -0.2) is 24.0 Å². The first kappa shape index (κ1) is 31.3. The molecule has 0 radical (unpaired) electrons. The molecule has 7 rings (SSSR count). The lowest BCUT2D eigenvalue weighted by Crippen LogP contribution is -2.37. The Labute approximate surface area is 262 Å². The highest BCUT2D eigenvalue weighted by atomic mass is 16.4. The Bertz CT molecular complexity index is 1850. The van der Waals surface area contributed by atoms with Crippen LogP contribution in [0.25, 0.3) is 11.3 Å². The Kier molecular flexibility index (Phi) is 8.67. The molecule has 4 aromatic heterocycles. The first-order chi connectivity index (χ1) is 21.3. The van der Waals surface area contributed by atoms with Crippen LogP contribution in [0.5, 0.6) is 0 Å². The van der Waals surface area contributed by atoms with Crippen molar-refractivity contribution in [2.75, 3.05) is 24.5 Å². The molecule has 0 unspecified atom stereocenters. The van der Waals surface area contributed by atoms with Gasteiger partial charge in [0.2, 0.25) is 5.82 Å². The van der Waals surface area contributed by atoms with Crippen molar-refractivity contribution in [3.63, 3.8) is 0 Å². The van der Waals surface area contributed by atoms with Gasteiger partial charge in [-0.2, -0.15) is 0 Å². The van der Waals surface area contributed by atoms with Gasteiger partial charge in [0.1, 0.15) is 11.4 Å². The van der Waals surface area contributed by atoms with Crippen LogP contribution in [0.3, 0.4) is 0 Å². The summed E-state index contributed by atoms with van der Waals surface area (Å²) in [5, 5.41) is 22.4. The normalized spacial score (nSPS) is 17.3. The zero-order valence-electron chi connectivity index (χ0n) is 25.3. The van der Waals surface area contributed by atoms with Crippen LogP contribution in [-0.4, -0.2) is 76.1 Å². The molecule has 0 aliphatic carbocycles. The lowest BCUT2D eigenvalue weighted by atomic mass is 9.82. The molecule has 0 bridgehead atoms. The van der Waals surface area contributed by atoms with Crippen LogP contribution in [-0.2, 0) is 18.4 Å². The van der Waals surface area contributed by atoms with Crippen LogP contribution in [0.15, 0.2) is 60.9 Å². The van der Waals surface area contributed by atoms with E-state index in [2.05, 4.69) is 67.5 Å². The van der Waals surface area contributed by atoms with Crippen LogP contribution in [0.1, 0.15) is 78.2 Å². The third-order valence-electron chi connectivity index (χ3n) is 8.40. The van der Waals surface area contributed by atoms with Crippen molar-refractivity contribution in [3.05, 3.63) is 95.0 Å². The Morgan fingerprint density at radius 3 is 2.56 bits per heavy atom. The summed E-state index contributed by atoms with van der Waals surface area (Å²) >= 11 is 0. The maximum Gasteiger partial charge on any atom is 0.354 e. The van der Waals surface area contributed by atoms with Crippen molar-refractivity contribution in [1.29, 1.82) is 0 Å². The maximum absolute atomic E-state index is 13.5. The molecule has 2 aliphatic rings. The molecule has 5 aromatic rings. The highest BCUT2D eigenvalue weighted by Crippen LogP contribution is 2.36. The summed E-state index contributed by atoms with van der Waals surface area (Å²) in [5.41, 5.74) is 6.05. The number of aromatic carboxylic acids is 1. The third kappa shape index (κ3) is 5.75. The number of aryl methyl sites for hydroxylation is 1. The Balaban J connectivity index is 0.00000131. The number of carbonyl (C=O) groups is 2. The highest BCUT2D eigenvalue weighted by molar-refractivity contribution is 5.91. The fraction of sp³-hybridized carbons (Fsp3) is 0.364. The lowest BCUT2D eigenvalue weighted by molar-refractivity contribution is 0.0687. The first-order valence-corrected chi connectivity index (χ1v) is 14.9. The predicted octanol–water partition coefficient (Wildman–Crippen LogP) is 4.74. The molecule has 1 aromatic carbocycles. The topological polar surface area (TPSA) is 135 Å². The van der Waals surface area contributed by atoms with Gasteiger partial charge in [0.05, 0.1) is 29.8 Å². The number of carbonyl (C=O) groups excluding carboxylic acids is 1. The van der Waals surface area contributed by atoms with Gasteiger partial charge in [0.15, 0.2) is 5.65 Å². The summed E-state index contributed by atoms with van der Waals surface area (Å²) in [6, 6.07) is 15.9. The fourth-order valence-electron chi connectivity index (χ4n) is 6.05. The van der Waals surface area contributed by atoms with Crippen LogP contribution in [0, 0.1) is 6.92 Å². The number of carboxylic acids is 1. The van der Waals surface area contributed by atoms with Crippen LogP contribution >= 0.6 is 0 Å². The Hall–Kier alpha value is -5.13. The number of hydrogen-bond donors (Lipinski definition) is 1.